The van der Waals surface area contributed by atoms with Gasteiger partial charge in [0.15, 0.2) is 6.04 Å². The van der Waals surface area contributed by atoms with Crippen molar-refractivity contribution in [2.24, 2.45) is 0 Å². The number of nitrogens with one attached hydrogen (secondary N) is 2. The van der Waals surface area contributed by atoms with Crippen molar-refractivity contribution in [1.29, 1.82) is 0 Å². The van der Waals surface area contributed by atoms with Crippen LogP contribution >= 0.6 is 23.2 Å². The van der Waals surface area contributed by atoms with E-state index in [0.29, 0.717) is 37.7 Å². The van der Waals surface area contributed by atoms with Crippen LogP contribution in [0.15, 0.2) is 35.7 Å². The van der Waals surface area contributed by atoms with Gasteiger partial charge in [0.25, 0.3) is 5.91 Å². The lowest BCUT2D eigenvalue weighted by atomic mass is 10.2. The lowest BCUT2D eigenvalue weighted by Gasteiger charge is -2.34. The minimum Gasteiger partial charge on any atom is -0.347 e. The summed E-state index contributed by atoms with van der Waals surface area (Å²) in [7, 11) is -3.62. The van der Waals surface area contributed by atoms with Gasteiger partial charge in [-0.1, -0.05) is 29.3 Å². The third kappa shape index (κ3) is 4.74. The van der Waals surface area contributed by atoms with Gasteiger partial charge in [-0.05, 0) is 25.1 Å². The molecule has 2 rings (SSSR count). The molecular formula is C16H22Cl2N3O3S+. The fourth-order valence-corrected chi connectivity index (χ4v) is 4.58. The van der Waals surface area contributed by atoms with Crippen LogP contribution in [0.4, 0.5) is 0 Å². The number of rotatable bonds is 6. The fraction of sp³-hybridized carbons (Fsp3) is 0.438. The van der Waals surface area contributed by atoms with Gasteiger partial charge in [0.2, 0.25) is 10.0 Å². The van der Waals surface area contributed by atoms with Crippen molar-refractivity contribution in [2.75, 3.05) is 32.7 Å². The highest BCUT2D eigenvalue weighted by Crippen LogP contribution is 2.26. The topological polar surface area (TPSA) is 70.9 Å². The van der Waals surface area contributed by atoms with Crippen molar-refractivity contribution in [3.05, 3.63) is 40.9 Å². The summed E-state index contributed by atoms with van der Waals surface area (Å²) in [5, 5.41) is 3.29. The minimum absolute atomic E-state index is 0.0595. The van der Waals surface area contributed by atoms with Gasteiger partial charge in [-0.3, -0.25) is 4.79 Å². The third-order valence-corrected chi connectivity index (χ3v) is 6.95. The molecule has 0 bridgehead atoms. The first-order valence-electron chi connectivity index (χ1n) is 7.95. The lowest BCUT2D eigenvalue weighted by Crippen LogP contribution is -3.19. The van der Waals surface area contributed by atoms with Crippen LogP contribution in [0.2, 0.25) is 10.0 Å². The van der Waals surface area contributed by atoms with Gasteiger partial charge in [-0.25, -0.2) is 8.42 Å². The molecule has 2 N–H and O–H groups in total. The Hall–Kier alpha value is -1.12. The van der Waals surface area contributed by atoms with Gasteiger partial charge in [0, 0.05) is 6.54 Å². The molecule has 1 aromatic carbocycles. The summed E-state index contributed by atoms with van der Waals surface area (Å²) in [6.45, 7) is 7.64. The van der Waals surface area contributed by atoms with Crippen LogP contribution in [0.3, 0.4) is 0 Å². The number of hydrogen-bond acceptors (Lipinski definition) is 3. The Kier molecular flexibility index (Phi) is 6.87. The zero-order chi connectivity index (χ0) is 18.6. The molecule has 0 unspecified atom stereocenters. The van der Waals surface area contributed by atoms with Crippen LogP contribution in [0, 0.1) is 0 Å². The van der Waals surface area contributed by atoms with Gasteiger partial charge in [-0.2, -0.15) is 4.31 Å². The largest absolute Gasteiger partial charge is 0.347 e. The molecule has 1 atom stereocenters. The van der Waals surface area contributed by atoms with E-state index in [1.54, 1.807) is 6.08 Å². The standard InChI is InChI=1S/C16H21Cl2N3O3S/c1-3-6-19-16(22)12(2)20-7-9-21(10-8-20)25(23,24)13-4-5-14(17)15(18)11-13/h3-5,11-12H,1,6-10H2,2H3,(H,19,22)/p+1/t12-/m0/s1. The van der Waals surface area contributed by atoms with E-state index in [4.69, 9.17) is 23.2 Å². The van der Waals surface area contributed by atoms with Gasteiger partial charge in [-0.15, -0.1) is 6.58 Å². The van der Waals surface area contributed by atoms with Crippen LogP contribution in [0.5, 0.6) is 0 Å². The predicted molar refractivity (Wildman–Crippen MR) is 98.6 cm³/mol. The number of sulfonamides is 1. The van der Waals surface area contributed by atoms with E-state index in [-0.39, 0.29) is 21.9 Å². The molecular weight excluding hydrogens is 385 g/mol. The number of carbonyl (C=O) groups is 1. The second kappa shape index (κ2) is 8.51. The number of benzene rings is 1. The quantitative estimate of drug-likeness (QED) is 0.678. The summed E-state index contributed by atoms with van der Waals surface area (Å²) >= 11 is 11.8. The maximum Gasteiger partial charge on any atom is 0.278 e. The van der Waals surface area contributed by atoms with E-state index in [1.807, 2.05) is 6.92 Å². The fourth-order valence-electron chi connectivity index (χ4n) is 2.74. The molecule has 0 aliphatic carbocycles. The second-order valence-corrected chi connectivity index (χ2v) is 8.65. The third-order valence-electron chi connectivity index (χ3n) is 4.32. The molecule has 1 aromatic rings. The van der Waals surface area contributed by atoms with Crippen LogP contribution < -0.4 is 10.2 Å². The average Bonchev–Trinajstić information content (AvgIpc) is 2.61. The Morgan fingerprint density at radius 2 is 2.00 bits per heavy atom. The number of hydrogen-bond donors (Lipinski definition) is 2. The van der Waals surface area contributed by atoms with E-state index in [0.717, 1.165) is 4.90 Å². The molecule has 138 valence electrons. The summed E-state index contributed by atoms with van der Waals surface area (Å²) < 4.78 is 26.9. The first-order valence-corrected chi connectivity index (χ1v) is 10.2. The molecule has 1 aliphatic rings. The molecule has 1 heterocycles. The van der Waals surface area contributed by atoms with E-state index in [9.17, 15) is 13.2 Å². The number of amides is 1. The maximum absolute atomic E-state index is 12.7. The average molecular weight is 407 g/mol. The van der Waals surface area contributed by atoms with Gasteiger partial charge < -0.3 is 10.2 Å². The number of halogens is 2. The number of carbonyl (C=O) groups excluding carboxylic acids is 1. The van der Waals surface area contributed by atoms with E-state index < -0.39 is 10.0 Å². The smallest absolute Gasteiger partial charge is 0.278 e. The van der Waals surface area contributed by atoms with Gasteiger partial charge in [0.1, 0.15) is 0 Å². The molecule has 0 saturated carbocycles. The number of piperazine rings is 1. The Labute approximate surface area is 158 Å². The Bertz CT molecular complexity index is 747. The van der Waals surface area contributed by atoms with Crippen molar-refractivity contribution >= 4 is 39.1 Å². The molecule has 25 heavy (non-hydrogen) atoms. The predicted octanol–water partition coefficient (Wildman–Crippen LogP) is 0.573. The molecule has 1 saturated heterocycles. The maximum atomic E-state index is 12.7. The van der Waals surface area contributed by atoms with E-state index in [2.05, 4.69) is 11.9 Å². The molecule has 1 fully saturated rings. The minimum atomic E-state index is -3.62. The Balaban J connectivity index is 2.02. The summed E-state index contributed by atoms with van der Waals surface area (Å²) in [5.41, 5.74) is 0. The van der Waals surface area contributed by atoms with Crippen LogP contribution in [-0.4, -0.2) is 57.4 Å². The summed E-state index contributed by atoms with van der Waals surface area (Å²) in [4.78, 5) is 13.2. The highest BCUT2D eigenvalue weighted by molar-refractivity contribution is 7.89. The van der Waals surface area contributed by atoms with Crippen molar-refractivity contribution in [3.8, 4) is 0 Å². The zero-order valence-electron chi connectivity index (χ0n) is 14.0. The molecule has 0 radical (unpaired) electrons. The first kappa shape index (κ1) is 20.2. The molecule has 9 heteroatoms. The van der Waals surface area contributed by atoms with Crippen LogP contribution in [-0.2, 0) is 14.8 Å². The van der Waals surface area contributed by atoms with Crippen molar-refractivity contribution in [1.82, 2.24) is 9.62 Å². The summed E-state index contributed by atoms with van der Waals surface area (Å²) in [6.07, 6.45) is 1.63. The van der Waals surface area contributed by atoms with Gasteiger partial charge >= 0.3 is 0 Å². The monoisotopic (exact) mass is 406 g/mol. The van der Waals surface area contributed by atoms with Crippen molar-refractivity contribution < 1.29 is 18.1 Å². The number of nitrogens with zero attached hydrogens (tertiary/aromatic N) is 1. The highest BCUT2D eigenvalue weighted by Gasteiger charge is 2.34. The SMILES string of the molecule is C=CCNC(=O)[C@H](C)[NH+]1CCN(S(=O)(=O)c2ccc(Cl)c(Cl)c2)CC1. The van der Waals surface area contributed by atoms with Crippen LogP contribution in [0.25, 0.3) is 0 Å². The van der Waals surface area contributed by atoms with E-state index >= 15 is 0 Å². The molecule has 1 amide bonds. The zero-order valence-corrected chi connectivity index (χ0v) is 16.3. The number of quaternary nitrogens is 1. The molecule has 0 aromatic heterocycles. The summed E-state index contributed by atoms with van der Waals surface area (Å²) in [6, 6.07) is 4.05. The molecule has 6 nitrogen and oxygen atoms in total. The first-order chi connectivity index (χ1) is 11.8. The molecule has 1 aliphatic heterocycles. The Morgan fingerprint density at radius 1 is 1.36 bits per heavy atom. The Morgan fingerprint density at radius 3 is 2.56 bits per heavy atom. The van der Waals surface area contributed by atoms with Gasteiger partial charge in [0.05, 0.1) is 41.1 Å². The normalized spacial score (nSPS) is 17.9. The lowest BCUT2D eigenvalue weighted by molar-refractivity contribution is -0.917. The van der Waals surface area contributed by atoms with Crippen LogP contribution in [0.1, 0.15) is 6.92 Å². The van der Waals surface area contributed by atoms with Crippen molar-refractivity contribution in [3.63, 3.8) is 0 Å². The molecule has 0 spiro atoms. The van der Waals surface area contributed by atoms with E-state index in [1.165, 1.54) is 22.5 Å². The summed E-state index contributed by atoms with van der Waals surface area (Å²) in [5.74, 6) is -0.0595. The highest BCUT2D eigenvalue weighted by atomic mass is 35.5. The second-order valence-electron chi connectivity index (χ2n) is 5.89. The van der Waals surface area contributed by atoms with Crippen molar-refractivity contribution in [2.45, 2.75) is 17.9 Å².